The van der Waals surface area contributed by atoms with Gasteiger partial charge in [0.15, 0.2) is 0 Å². The van der Waals surface area contributed by atoms with Gasteiger partial charge in [-0.05, 0) is 12.1 Å². The average molecular weight is 381 g/mol. The first kappa shape index (κ1) is 18.2. The van der Waals surface area contributed by atoms with E-state index in [0.717, 1.165) is 5.56 Å². The number of hydrogen-bond donors (Lipinski definition) is 2. The Labute approximate surface area is 158 Å². The molecule has 1 aromatic heterocycles. The molecule has 0 saturated carbocycles. The topological polar surface area (TPSA) is 106 Å². The SMILES string of the molecule is COc1ccccc1/C=N/NC(=O)C(=O)Nc1nnc(-c2ccccc2)s1. The largest absolute Gasteiger partial charge is 0.496 e. The summed E-state index contributed by atoms with van der Waals surface area (Å²) in [5, 5.41) is 14.9. The summed E-state index contributed by atoms with van der Waals surface area (Å²) in [5.74, 6) is -1.21. The van der Waals surface area contributed by atoms with Gasteiger partial charge < -0.3 is 4.74 Å². The van der Waals surface area contributed by atoms with Crippen molar-refractivity contribution in [3.63, 3.8) is 0 Å². The quantitative estimate of drug-likeness (QED) is 0.401. The van der Waals surface area contributed by atoms with Crippen molar-refractivity contribution in [1.82, 2.24) is 15.6 Å². The molecule has 0 atom stereocenters. The van der Waals surface area contributed by atoms with E-state index in [1.807, 2.05) is 36.4 Å². The second-order valence-corrected chi connectivity index (χ2v) is 6.15. The van der Waals surface area contributed by atoms with Crippen LogP contribution in [0.15, 0.2) is 59.7 Å². The van der Waals surface area contributed by atoms with E-state index in [1.54, 1.807) is 18.2 Å². The van der Waals surface area contributed by atoms with Crippen LogP contribution in [0.25, 0.3) is 10.6 Å². The van der Waals surface area contributed by atoms with Crippen molar-refractivity contribution in [2.24, 2.45) is 5.10 Å². The Morgan fingerprint density at radius 1 is 1.04 bits per heavy atom. The molecule has 0 aliphatic heterocycles. The van der Waals surface area contributed by atoms with Gasteiger partial charge >= 0.3 is 11.8 Å². The first-order valence-corrected chi connectivity index (χ1v) is 8.65. The van der Waals surface area contributed by atoms with Crippen molar-refractivity contribution in [2.45, 2.75) is 0 Å². The van der Waals surface area contributed by atoms with E-state index in [9.17, 15) is 9.59 Å². The van der Waals surface area contributed by atoms with Gasteiger partial charge in [0.25, 0.3) is 0 Å². The fraction of sp³-hybridized carbons (Fsp3) is 0.0556. The summed E-state index contributed by atoms with van der Waals surface area (Å²) in [4.78, 5) is 23.8. The highest BCUT2D eigenvalue weighted by atomic mass is 32.1. The monoisotopic (exact) mass is 381 g/mol. The summed E-state index contributed by atoms with van der Waals surface area (Å²) in [6, 6.07) is 16.5. The van der Waals surface area contributed by atoms with Gasteiger partial charge in [-0.1, -0.05) is 53.8 Å². The van der Waals surface area contributed by atoms with Gasteiger partial charge in [-0.25, -0.2) is 5.43 Å². The number of ether oxygens (including phenoxy) is 1. The molecule has 0 spiro atoms. The average Bonchev–Trinajstić information content (AvgIpc) is 3.17. The third-order valence-electron chi connectivity index (χ3n) is 3.38. The molecule has 0 radical (unpaired) electrons. The first-order chi connectivity index (χ1) is 13.2. The van der Waals surface area contributed by atoms with E-state index in [-0.39, 0.29) is 5.13 Å². The highest BCUT2D eigenvalue weighted by molar-refractivity contribution is 7.18. The molecular weight excluding hydrogens is 366 g/mol. The lowest BCUT2D eigenvalue weighted by molar-refractivity contribution is -0.136. The van der Waals surface area contributed by atoms with Crippen LogP contribution in [-0.4, -0.2) is 35.3 Å². The number of amides is 2. The Kier molecular flexibility index (Phi) is 5.85. The molecule has 0 aliphatic rings. The summed E-state index contributed by atoms with van der Waals surface area (Å²) in [5.41, 5.74) is 3.70. The number of hydrogen-bond acceptors (Lipinski definition) is 7. The van der Waals surface area contributed by atoms with Crippen LogP contribution in [0.5, 0.6) is 5.75 Å². The van der Waals surface area contributed by atoms with Gasteiger partial charge in [-0.3, -0.25) is 14.9 Å². The number of carbonyl (C=O) groups excluding carboxylic acids is 2. The maximum absolute atomic E-state index is 11.9. The fourth-order valence-corrected chi connectivity index (χ4v) is 2.85. The summed E-state index contributed by atoms with van der Waals surface area (Å²) in [6.45, 7) is 0. The molecule has 8 nitrogen and oxygen atoms in total. The van der Waals surface area contributed by atoms with Crippen molar-refractivity contribution in [3.8, 4) is 16.3 Å². The van der Waals surface area contributed by atoms with Crippen LogP contribution >= 0.6 is 11.3 Å². The van der Waals surface area contributed by atoms with E-state index in [2.05, 4.69) is 26.0 Å². The third-order valence-corrected chi connectivity index (χ3v) is 4.27. The Balaban J connectivity index is 1.57. The number of nitrogens with one attached hydrogen (secondary N) is 2. The van der Waals surface area contributed by atoms with Gasteiger partial charge in [-0.15, -0.1) is 10.2 Å². The van der Waals surface area contributed by atoms with E-state index < -0.39 is 11.8 Å². The Bertz CT molecular complexity index is 972. The number of hydrazone groups is 1. The van der Waals surface area contributed by atoms with Crippen molar-refractivity contribution in [2.75, 3.05) is 12.4 Å². The van der Waals surface area contributed by atoms with Crippen LogP contribution in [0.3, 0.4) is 0 Å². The Morgan fingerprint density at radius 2 is 1.78 bits per heavy atom. The third kappa shape index (κ3) is 4.73. The molecule has 0 bridgehead atoms. The zero-order chi connectivity index (χ0) is 19.1. The minimum atomic E-state index is -0.919. The number of anilines is 1. The van der Waals surface area contributed by atoms with Crippen molar-refractivity contribution >= 4 is 34.5 Å². The van der Waals surface area contributed by atoms with Crippen LogP contribution in [0, 0.1) is 0 Å². The van der Waals surface area contributed by atoms with E-state index >= 15 is 0 Å². The first-order valence-electron chi connectivity index (χ1n) is 7.83. The van der Waals surface area contributed by atoms with Gasteiger partial charge in [0.2, 0.25) is 5.13 Å². The predicted octanol–water partition coefficient (Wildman–Crippen LogP) is 2.30. The van der Waals surface area contributed by atoms with Gasteiger partial charge in [-0.2, -0.15) is 5.10 Å². The van der Waals surface area contributed by atoms with Crippen LogP contribution in [0.1, 0.15) is 5.56 Å². The molecule has 1 heterocycles. The molecule has 0 aliphatic carbocycles. The molecule has 2 N–H and O–H groups in total. The normalized spacial score (nSPS) is 10.6. The second-order valence-electron chi connectivity index (χ2n) is 5.17. The van der Waals surface area contributed by atoms with Gasteiger partial charge in [0.1, 0.15) is 10.8 Å². The molecule has 2 aromatic carbocycles. The number of carbonyl (C=O) groups is 2. The minimum Gasteiger partial charge on any atom is -0.496 e. The second kappa shape index (κ2) is 8.68. The summed E-state index contributed by atoms with van der Waals surface area (Å²) in [7, 11) is 1.53. The number of aromatic nitrogens is 2. The molecule has 0 unspecified atom stereocenters. The molecule has 0 saturated heterocycles. The lowest BCUT2D eigenvalue weighted by atomic mass is 10.2. The molecule has 3 rings (SSSR count). The maximum atomic E-state index is 11.9. The molecule has 27 heavy (non-hydrogen) atoms. The number of nitrogens with zero attached hydrogens (tertiary/aromatic N) is 3. The smallest absolute Gasteiger partial charge is 0.329 e. The van der Waals surface area contributed by atoms with Gasteiger partial charge in [0.05, 0.1) is 13.3 Å². The lowest BCUT2D eigenvalue weighted by Gasteiger charge is -2.03. The zero-order valence-electron chi connectivity index (χ0n) is 14.2. The van der Waals surface area contributed by atoms with E-state index in [0.29, 0.717) is 16.3 Å². The molecule has 136 valence electrons. The Hall–Kier alpha value is -3.59. The summed E-state index contributed by atoms with van der Waals surface area (Å²) >= 11 is 1.17. The van der Waals surface area contributed by atoms with Crippen LogP contribution in [0.4, 0.5) is 5.13 Å². The molecular formula is C18H15N5O3S. The molecule has 9 heteroatoms. The minimum absolute atomic E-state index is 0.225. The molecule has 0 fully saturated rings. The Morgan fingerprint density at radius 3 is 2.56 bits per heavy atom. The van der Waals surface area contributed by atoms with Crippen molar-refractivity contribution < 1.29 is 14.3 Å². The maximum Gasteiger partial charge on any atom is 0.329 e. The fourth-order valence-electron chi connectivity index (χ4n) is 2.11. The lowest BCUT2D eigenvalue weighted by Crippen LogP contribution is -2.32. The number of methoxy groups -OCH3 is 1. The summed E-state index contributed by atoms with van der Waals surface area (Å²) < 4.78 is 5.17. The summed E-state index contributed by atoms with van der Waals surface area (Å²) in [6.07, 6.45) is 1.39. The van der Waals surface area contributed by atoms with Crippen LogP contribution in [-0.2, 0) is 9.59 Å². The standard InChI is InChI=1S/C18H15N5O3S/c1-26-14-10-6-5-9-13(14)11-19-21-16(25)15(24)20-18-23-22-17(27-18)12-7-3-2-4-8-12/h2-11H,1H3,(H,21,25)(H,20,23,24)/b19-11+. The highest BCUT2D eigenvalue weighted by Gasteiger charge is 2.16. The van der Waals surface area contributed by atoms with E-state index in [4.69, 9.17) is 4.74 Å². The predicted molar refractivity (Wildman–Crippen MR) is 103 cm³/mol. The molecule has 2 amide bonds. The zero-order valence-corrected chi connectivity index (χ0v) is 15.1. The van der Waals surface area contributed by atoms with Crippen molar-refractivity contribution in [1.29, 1.82) is 0 Å². The molecule has 3 aromatic rings. The highest BCUT2D eigenvalue weighted by Crippen LogP contribution is 2.25. The van der Waals surface area contributed by atoms with E-state index in [1.165, 1.54) is 24.7 Å². The van der Waals surface area contributed by atoms with Gasteiger partial charge in [0, 0.05) is 11.1 Å². The van der Waals surface area contributed by atoms with Crippen molar-refractivity contribution in [3.05, 3.63) is 60.2 Å². The van der Waals surface area contributed by atoms with Crippen LogP contribution in [0.2, 0.25) is 0 Å². The number of rotatable bonds is 5. The van der Waals surface area contributed by atoms with Crippen LogP contribution < -0.4 is 15.5 Å². The number of benzene rings is 2. The number of para-hydroxylation sites is 1.